The lowest BCUT2D eigenvalue weighted by atomic mass is 10.2. The average Bonchev–Trinajstić information content (AvgIpc) is 2.63. The van der Waals surface area contributed by atoms with E-state index >= 15 is 0 Å². The van der Waals surface area contributed by atoms with Crippen LogP contribution < -0.4 is 20.7 Å². The van der Waals surface area contributed by atoms with Gasteiger partial charge in [-0.05, 0) is 23.8 Å². The summed E-state index contributed by atoms with van der Waals surface area (Å²) in [6.45, 7) is 0.577. The van der Waals surface area contributed by atoms with Gasteiger partial charge in [0.1, 0.15) is 11.4 Å². The summed E-state index contributed by atoms with van der Waals surface area (Å²) >= 11 is 0. The highest BCUT2D eigenvalue weighted by Gasteiger charge is 2.30. The molecule has 0 unspecified atom stereocenters. The second-order valence-corrected chi connectivity index (χ2v) is 5.50. The number of hydrogen-bond donors (Lipinski definition) is 3. The van der Waals surface area contributed by atoms with Gasteiger partial charge in [0.15, 0.2) is 0 Å². The van der Waals surface area contributed by atoms with Gasteiger partial charge in [-0.2, -0.15) is 0 Å². The van der Waals surface area contributed by atoms with Gasteiger partial charge in [-0.1, -0.05) is 24.3 Å². The van der Waals surface area contributed by atoms with Gasteiger partial charge < -0.3 is 20.7 Å². The van der Waals surface area contributed by atoms with Gasteiger partial charge in [-0.15, -0.1) is 13.2 Å². The topological polar surface area (TPSA) is 106 Å². The minimum absolute atomic E-state index is 0.0649. The lowest BCUT2D eigenvalue weighted by Gasteiger charge is -2.11. The molecule has 0 spiro atoms. The molecule has 0 saturated carbocycles. The van der Waals surface area contributed by atoms with Crippen LogP contribution in [0.25, 0.3) is 0 Å². The number of carbonyl (C=O) groups excluding carboxylic acids is 1. The van der Waals surface area contributed by atoms with Crippen LogP contribution in [-0.2, 0) is 6.54 Å². The minimum atomic E-state index is -4.76. The van der Waals surface area contributed by atoms with Crippen molar-refractivity contribution in [2.45, 2.75) is 12.9 Å². The molecular weight excluding hydrogens is 381 g/mol. The lowest BCUT2D eigenvalue weighted by molar-refractivity contribution is -0.384. The maximum absolute atomic E-state index is 12.1. The molecule has 0 aliphatic carbocycles. The van der Waals surface area contributed by atoms with E-state index in [2.05, 4.69) is 20.7 Å². The van der Waals surface area contributed by atoms with Crippen LogP contribution in [-0.4, -0.2) is 30.4 Å². The molecule has 11 heteroatoms. The number of anilines is 1. The van der Waals surface area contributed by atoms with Crippen molar-refractivity contribution in [1.82, 2.24) is 10.6 Å². The van der Waals surface area contributed by atoms with Crippen molar-refractivity contribution in [3.8, 4) is 5.75 Å². The quantitative estimate of drug-likeness (QED) is 0.359. The molecule has 0 aliphatic rings. The molecule has 3 N–H and O–H groups in total. The maximum Gasteiger partial charge on any atom is 0.573 e. The van der Waals surface area contributed by atoms with Crippen molar-refractivity contribution in [3.05, 3.63) is 64.2 Å². The number of carbonyl (C=O) groups is 1. The fraction of sp³-hybridized carbons (Fsp3) is 0.235. The second kappa shape index (κ2) is 9.44. The Bertz CT molecular complexity index is 813. The van der Waals surface area contributed by atoms with Crippen molar-refractivity contribution in [1.29, 1.82) is 0 Å². The summed E-state index contributed by atoms with van der Waals surface area (Å²) in [6, 6.07) is 10.8. The molecule has 0 aliphatic heterocycles. The molecule has 2 rings (SSSR count). The zero-order valence-corrected chi connectivity index (χ0v) is 14.5. The molecule has 2 aromatic rings. The van der Waals surface area contributed by atoms with E-state index in [4.69, 9.17) is 0 Å². The van der Waals surface area contributed by atoms with Crippen molar-refractivity contribution < 1.29 is 27.6 Å². The van der Waals surface area contributed by atoms with Crippen LogP contribution in [0.5, 0.6) is 5.75 Å². The summed E-state index contributed by atoms with van der Waals surface area (Å²) in [4.78, 5) is 22.1. The third-order valence-corrected chi connectivity index (χ3v) is 3.44. The number of alkyl halides is 3. The molecule has 0 saturated heterocycles. The average molecular weight is 398 g/mol. The zero-order valence-electron chi connectivity index (χ0n) is 14.5. The minimum Gasteiger partial charge on any atom is -0.406 e. The number of rotatable bonds is 8. The van der Waals surface area contributed by atoms with Crippen LogP contribution in [0.3, 0.4) is 0 Å². The van der Waals surface area contributed by atoms with Gasteiger partial charge >= 0.3 is 12.4 Å². The Kier molecular flexibility index (Phi) is 7.02. The molecule has 0 radical (unpaired) electrons. The van der Waals surface area contributed by atoms with Crippen LogP contribution in [0.1, 0.15) is 5.56 Å². The molecule has 2 aromatic carbocycles. The summed E-state index contributed by atoms with van der Waals surface area (Å²) < 4.78 is 40.0. The number of urea groups is 1. The predicted octanol–water partition coefficient (Wildman–Crippen LogP) is 3.40. The monoisotopic (exact) mass is 398 g/mol. The van der Waals surface area contributed by atoms with Crippen molar-refractivity contribution in [2.24, 2.45) is 0 Å². The van der Waals surface area contributed by atoms with Gasteiger partial charge in [-0.25, -0.2) is 4.79 Å². The highest BCUT2D eigenvalue weighted by Crippen LogP contribution is 2.23. The van der Waals surface area contributed by atoms with E-state index in [-0.39, 0.29) is 31.1 Å². The number of para-hydroxylation sites is 2. The summed E-state index contributed by atoms with van der Waals surface area (Å²) in [5, 5.41) is 18.9. The first-order chi connectivity index (χ1) is 13.2. The number of nitrogens with zero attached hydrogens (tertiary/aromatic N) is 1. The smallest absolute Gasteiger partial charge is 0.406 e. The van der Waals surface area contributed by atoms with Gasteiger partial charge in [0.25, 0.3) is 5.69 Å². The molecule has 0 atom stereocenters. The maximum atomic E-state index is 12.1. The molecule has 0 fully saturated rings. The normalized spacial score (nSPS) is 10.8. The third kappa shape index (κ3) is 7.02. The molecule has 0 heterocycles. The second-order valence-electron chi connectivity index (χ2n) is 5.50. The number of hydrogen-bond acceptors (Lipinski definition) is 5. The Morgan fingerprint density at radius 2 is 1.71 bits per heavy atom. The summed E-state index contributed by atoms with van der Waals surface area (Å²) in [5.41, 5.74) is 0.864. The van der Waals surface area contributed by atoms with E-state index in [1.165, 1.54) is 18.2 Å². The number of nitrogens with one attached hydrogen (secondary N) is 3. The van der Waals surface area contributed by atoms with Crippen LogP contribution in [0.4, 0.5) is 29.3 Å². The Morgan fingerprint density at radius 1 is 1.04 bits per heavy atom. The van der Waals surface area contributed by atoms with E-state index in [1.807, 2.05) is 0 Å². The first-order valence-electron chi connectivity index (χ1n) is 8.08. The van der Waals surface area contributed by atoms with Crippen molar-refractivity contribution >= 4 is 17.4 Å². The largest absolute Gasteiger partial charge is 0.573 e. The van der Waals surface area contributed by atoms with Crippen molar-refractivity contribution in [2.75, 3.05) is 18.4 Å². The van der Waals surface area contributed by atoms with Gasteiger partial charge in [0, 0.05) is 25.7 Å². The molecule has 2 amide bonds. The third-order valence-electron chi connectivity index (χ3n) is 3.44. The molecule has 28 heavy (non-hydrogen) atoms. The van der Waals surface area contributed by atoms with Gasteiger partial charge in [0.2, 0.25) is 0 Å². The Labute approximate surface area is 157 Å². The predicted molar refractivity (Wildman–Crippen MR) is 94.9 cm³/mol. The Morgan fingerprint density at radius 3 is 2.36 bits per heavy atom. The van der Waals surface area contributed by atoms with Gasteiger partial charge in [-0.3, -0.25) is 10.1 Å². The standard InChI is InChI=1S/C17H17F3N4O4/c18-17(19,20)28-13-7-5-12(6-8-13)11-23-16(25)22-10-9-21-14-3-1-2-4-15(14)24(26)27/h1-8,21H,9-11H2,(H2,22,23,25). The highest BCUT2D eigenvalue weighted by atomic mass is 19.4. The Hall–Kier alpha value is -3.50. The first kappa shape index (κ1) is 20.8. The Balaban J connectivity index is 1.70. The SMILES string of the molecule is O=C(NCCNc1ccccc1[N+](=O)[O-])NCc1ccc(OC(F)(F)F)cc1. The van der Waals surface area contributed by atoms with E-state index in [0.29, 0.717) is 11.3 Å². The van der Waals surface area contributed by atoms with Crippen LogP contribution in [0, 0.1) is 10.1 Å². The number of amides is 2. The molecule has 150 valence electrons. The van der Waals surface area contributed by atoms with Crippen molar-refractivity contribution in [3.63, 3.8) is 0 Å². The summed E-state index contributed by atoms with van der Waals surface area (Å²) in [6.07, 6.45) is -4.76. The molecule has 8 nitrogen and oxygen atoms in total. The van der Waals surface area contributed by atoms with E-state index < -0.39 is 17.3 Å². The number of nitro benzene ring substituents is 1. The van der Waals surface area contributed by atoms with E-state index in [0.717, 1.165) is 12.1 Å². The lowest BCUT2D eigenvalue weighted by Crippen LogP contribution is -2.37. The number of ether oxygens (including phenoxy) is 1. The van der Waals surface area contributed by atoms with E-state index in [9.17, 15) is 28.1 Å². The van der Waals surface area contributed by atoms with Gasteiger partial charge in [0.05, 0.1) is 4.92 Å². The molecule has 0 bridgehead atoms. The zero-order chi connectivity index (χ0) is 20.6. The number of halogens is 3. The molecular formula is C17H17F3N4O4. The van der Waals surface area contributed by atoms with E-state index in [1.54, 1.807) is 18.2 Å². The van der Waals surface area contributed by atoms with Crippen LogP contribution >= 0.6 is 0 Å². The van der Waals surface area contributed by atoms with Crippen LogP contribution in [0.2, 0.25) is 0 Å². The summed E-state index contributed by atoms with van der Waals surface area (Å²) in [5.74, 6) is -0.346. The number of nitro groups is 1. The first-order valence-corrected chi connectivity index (χ1v) is 8.08. The summed E-state index contributed by atoms with van der Waals surface area (Å²) in [7, 11) is 0. The highest BCUT2D eigenvalue weighted by molar-refractivity contribution is 5.73. The number of benzene rings is 2. The van der Waals surface area contributed by atoms with Crippen LogP contribution in [0.15, 0.2) is 48.5 Å². The fourth-order valence-corrected chi connectivity index (χ4v) is 2.21. The molecule has 0 aromatic heterocycles. The fourth-order valence-electron chi connectivity index (χ4n) is 2.21.